The molecule has 106 valence electrons. The Hall–Kier alpha value is -1.69. The van der Waals surface area contributed by atoms with Crippen LogP contribution in [0.4, 0.5) is 26.3 Å². The van der Waals surface area contributed by atoms with E-state index in [0.29, 0.717) is 18.2 Å². The van der Waals surface area contributed by atoms with Crippen LogP contribution in [0.1, 0.15) is 16.5 Å². The minimum absolute atomic E-state index is 0.208. The smallest absolute Gasteiger partial charge is 0.161 e. The molecule has 0 saturated carbocycles. The predicted molar refractivity (Wildman–Crippen MR) is 60.3 cm³/mol. The lowest BCUT2D eigenvalue weighted by Crippen LogP contribution is -2.05. The maximum absolute atomic E-state index is 13.5. The van der Waals surface area contributed by atoms with Gasteiger partial charge >= 0.3 is 0 Å². The third-order valence-electron chi connectivity index (χ3n) is 2.61. The van der Waals surface area contributed by atoms with Crippen LogP contribution in [0.2, 0.25) is 0 Å². The van der Waals surface area contributed by atoms with E-state index in [1.165, 1.54) is 0 Å². The minimum Gasteiger partial charge on any atom is -0.207 e. The van der Waals surface area contributed by atoms with Crippen molar-refractivity contribution < 1.29 is 26.3 Å². The first kappa shape index (κ1) is 14.7. The molecule has 0 nitrogen and oxygen atoms in total. The lowest BCUT2D eigenvalue weighted by Gasteiger charge is -2.13. The first-order valence-electron chi connectivity index (χ1n) is 5.24. The van der Waals surface area contributed by atoms with Crippen molar-refractivity contribution in [2.45, 2.75) is 5.38 Å². The van der Waals surface area contributed by atoms with Crippen LogP contribution < -0.4 is 0 Å². The van der Waals surface area contributed by atoms with Crippen LogP contribution in [0.5, 0.6) is 0 Å². The summed E-state index contributed by atoms with van der Waals surface area (Å²) in [6.45, 7) is 0. The summed E-state index contributed by atoms with van der Waals surface area (Å²) >= 11 is 5.69. The van der Waals surface area contributed by atoms with Gasteiger partial charge in [-0.25, -0.2) is 26.3 Å². The van der Waals surface area contributed by atoms with Crippen LogP contribution >= 0.6 is 11.6 Å². The summed E-state index contributed by atoms with van der Waals surface area (Å²) in [7, 11) is 0. The second-order valence-corrected chi connectivity index (χ2v) is 4.37. The average molecular weight is 311 g/mol. The number of halogens is 7. The molecule has 0 aromatic heterocycles. The van der Waals surface area contributed by atoms with E-state index in [1.807, 2.05) is 0 Å². The van der Waals surface area contributed by atoms with Gasteiger partial charge in [-0.1, -0.05) is 0 Å². The largest absolute Gasteiger partial charge is 0.207 e. The van der Waals surface area contributed by atoms with E-state index in [-0.39, 0.29) is 6.07 Å². The highest BCUT2D eigenvalue weighted by molar-refractivity contribution is 6.22. The molecule has 0 aliphatic carbocycles. The normalized spacial score (nSPS) is 12.6. The Bertz CT molecular complexity index is 647. The second-order valence-electron chi connectivity index (χ2n) is 3.93. The van der Waals surface area contributed by atoms with Gasteiger partial charge in [-0.15, -0.1) is 11.6 Å². The zero-order valence-corrected chi connectivity index (χ0v) is 10.3. The van der Waals surface area contributed by atoms with Crippen LogP contribution in [0.15, 0.2) is 24.3 Å². The molecule has 2 aromatic carbocycles. The SMILES string of the molecule is Fc1cc(F)c(C(Cl)c2cc(F)c(F)cc2F)c(F)c1. The summed E-state index contributed by atoms with van der Waals surface area (Å²) in [6.07, 6.45) is 0. The number of rotatable bonds is 2. The van der Waals surface area contributed by atoms with E-state index >= 15 is 0 Å². The maximum atomic E-state index is 13.5. The van der Waals surface area contributed by atoms with Crippen molar-refractivity contribution in [1.82, 2.24) is 0 Å². The number of alkyl halides is 1. The quantitative estimate of drug-likeness (QED) is 0.422. The Kier molecular flexibility index (Phi) is 3.94. The highest BCUT2D eigenvalue weighted by atomic mass is 35.5. The highest BCUT2D eigenvalue weighted by Gasteiger charge is 2.25. The first-order chi connectivity index (χ1) is 9.31. The fourth-order valence-corrected chi connectivity index (χ4v) is 2.06. The van der Waals surface area contributed by atoms with Gasteiger partial charge in [0.1, 0.15) is 23.3 Å². The molecule has 0 radical (unpaired) electrons. The molecule has 0 heterocycles. The van der Waals surface area contributed by atoms with Crippen LogP contribution in [-0.4, -0.2) is 0 Å². The van der Waals surface area contributed by atoms with Gasteiger partial charge in [-0.2, -0.15) is 0 Å². The Morgan fingerprint density at radius 1 is 0.650 bits per heavy atom. The Morgan fingerprint density at radius 2 is 1.15 bits per heavy atom. The molecule has 0 aliphatic rings. The molecule has 7 heteroatoms. The Morgan fingerprint density at radius 3 is 1.70 bits per heavy atom. The van der Waals surface area contributed by atoms with Gasteiger partial charge in [0, 0.05) is 29.3 Å². The third-order valence-corrected chi connectivity index (χ3v) is 3.06. The molecule has 20 heavy (non-hydrogen) atoms. The van der Waals surface area contributed by atoms with Gasteiger partial charge in [-0.3, -0.25) is 0 Å². The molecule has 0 spiro atoms. The molecule has 0 bridgehead atoms. The van der Waals surface area contributed by atoms with E-state index in [0.717, 1.165) is 0 Å². The van der Waals surface area contributed by atoms with E-state index < -0.39 is 51.4 Å². The molecule has 0 N–H and O–H groups in total. The fourth-order valence-electron chi connectivity index (χ4n) is 1.68. The van der Waals surface area contributed by atoms with Crippen molar-refractivity contribution in [1.29, 1.82) is 0 Å². The zero-order valence-electron chi connectivity index (χ0n) is 9.53. The van der Waals surface area contributed by atoms with Crippen molar-refractivity contribution in [3.63, 3.8) is 0 Å². The van der Waals surface area contributed by atoms with Crippen LogP contribution in [0.3, 0.4) is 0 Å². The van der Waals surface area contributed by atoms with Gasteiger partial charge in [0.15, 0.2) is 11.6 Å². The standard InChI is InChI=1S/C13H5ClF6/c14-13(6-3-8(17)9(18)4-7(6)16)12-10(19)1-5(15)2-11(12)20/h1-4,13H. The molecule has 2 rings (SSSR count). The summed E-state index contributed by atoms with van der Waals surface area (Å²) in [5, 5.41) is -1.77. The van der Waals surface area contributed by atoms with E-state index in [9.17, 15) is 26.3 Å². The Balaban J connectivity index is 2.57. The highest BCUT2D eigenvalue weighted by Crippen LogP contribution is 2.35. The van der Waals surface area contributed by atoms with Crippen LogP contribution in [0, 0.1) is 34.9 Å². The summed E-state index contributed by atoms with van der Waals surface area (Å²) in [5.41, 5.74) is -1.51. The molecule has 0 fully saturated rings. The van der Waals surface area contributed by atoms with Crippen LogP contribution in [-0.2, 0) is 0 Å². The second kappa shape index (κ2) is 5.36. The number of benzene rings is 2. The topological polar surface area (TPSA) is 0 Å². The molecule has 0 saturated heterocycles. The van der Waals surface area contributed by atoms with Crippen molar-refractivity contribution in [2.75, 3.05) is 0 Å². The number of hydrogen-bond acceptors (Lipinski definition) is 0. The summed E-state index contributed by atoms with van der Waals surface area (Å²) < 4.78 is 79.1. The van der Waals surface area contributed by atoms with Gasteiger partial charge in [0.05, 0.1) is 5.38 Å². The Labute approximate surface area is 114 Å². The minimum atomic E-state index is -1.77. The molecule has 2 aromatic rings. The monoisotopic (exact) mass is 310 g/mol. The maximum Gasteiger partial charge on any atom is 0.161 e. The zero-order chi connectivity index (χ0) is 15.0. The molecule has 0 amide bonds. The molecule has 1 atom stereocenters. The third kappa shape index (κ3) is 2.60. The molecular formula is C13H5ClF6. The van der Waals surface area contributed by atoms with E-state index in [4.69, 9.17) is 11.6 Å². The first-order valence-corrected chi connectivity index (χ1v) is 5.68. The fraction of sp³-hybridized carbons (Fsp3) is 0.0769. The van der Waals surface area contributed by atoms with Crippen molar-refractivity contribution in [3.8, 4) is 0 Å². The summed E-state index contributed by atoms with van der Waals surface area (Å²) in [6, 6.07) is 1.31. The van der Waals surface area contributed by atoms with Gasteiger partial charge in [0.2, 0.25) is 0 Å². The van der Waals surface area contributed by atoms with E-state index in [1.54, 1.807) is 0 Å². The van der Waals surface area contributed by atoms with Gasteiger partial charge in [0.25, 0.3) is 0 Å². The lowest BCUT2D eigenvalue weighted by molar-refractivity contribution is 0.488. The molecule has 0 aliphatic heterocycles. The van der Waals surface area contributed by atoms with Crippen LogP contribution in [0.25, 0.3) is 0 Å². The summed E-state index contributed by atoms with van der Waals surface area (Å²) in [5.74, 6) is -8.05. The van der Waals surface area contributed by atoms with Crippen molar-refractivity contribution in [2.24, 2.45) is 0 Å². The average Bonchev–Trinajstić information content (AvgIpc) is 2.32. The van der Waals surface area contributed by atoms with Crippen molar-refractivity contribution >= 4 is 11.6 Å². The van der Waals surface area contributed by atoms with Gasteiger partial charge < -0.3 is 0 Å². The summed E-state index contributed by atoms with van der Waals surface area (Å²) in [4.78, 5) is 0. The molecule has 1 unspecified atom stereocenters. The van der Waals surface area contributed by atoms with Crippen molar-refractivity contribution in [3.05, 3.63) is 70.3 Å². The van der Waals surface area contributed by atoms with E-state index in [2.05, 4.69) is 0 Å². The molecular weight excluding hydrogens is 306 g/mol. The lowest BCUT2D eigenvalue weighted by atomic mass is 10.0. The number of hydrogen-bond donors (Lipinski definition) is 0. The van der Waals surface area contributed by atoms with Gasteiger partial charge in [-0.05, 0) is 6.07 Å². The predicted octanol–water partition coefficient (Wildman–Crippen LogP) is 4.85.